The van der Waals surface area contributed by atoms with Crippen molar-refractivity contribution in [1.82, 2.24) is 9.21 Å². The summed E-state index contributed by atoms with van der Waals surface area (Å²) in [6.07, 6.45) is 2.94. The van der Waals surface area contributed by atoms with Crippen molar-refractivity contribution in [3.63, 3.8) is 0 Å². The quantitative estimate of drug-likeness (QED) is 0.534. The van der Waals surface area contributed by atoms with Crippen molar-refractivity contribution >= 4 is 16.4 Å². The average Bonchev–Trinajstić information content (AvgIpc) is 1.78. The minimum Gasteiger partial charge on any atom is -0.337 e. The number of nitrogens with zero attached hydrogens (tertiary/aromatic N) is 2. The van der Waals surface area contributed by atoms with Crippen molar-refractivity contribution in [3.05, 3.63) is 0 Å². The van der Waals surface area contributed by atoms with Crippen LogP contribution in [0.3, 0.4) is 0 Å². The van der Waals surface area contributed by atoms with Crippen LogP contribution in [0, 0.1) is 0 Å². The lowest BCUT2D eigenvalue weighted by Gasteiger charge is -2.60. The molecule has 0 radical (unpaired) electrons. The summed E-state index contributed by atoms with van der Waals surface area (Å²) in [6, 6.07) is 0. The van der Waals surface area contributed by atoms with Gasteiger partial charge in [0.15, 0.2) is 0 Å². The Labute approximate surface area is 77.4 Å². The third-order valence-corrected chi connectivity index (χ3v) is 4.16. The predicted octanol–water partition coefficient (Wildman–Crippen LogP) is -1.14. The van der Waals surface area contributed by atoms with E-state index >= 15 is 0 Å². The first-order chi connectivity index (χ1) is 5.98. The van der Waals surface area contributed by atoms with Crippen molar-refractivity contribution in [2.45, 2.75) is 12.0 Å². The zero-order chi connectivity index (χ0) is 9.69. The van der Waals surface area contributed by atoms with Crippen LogP contribution in [0.15, 0.2) is 0 Å². The fraction of sp³-hybridized carbons (Fsp3) is 0.857. The SMILES string of the molecule is CS(=O)(=O)N1CC2(CCN2C=O)C1. The molecule has 6 heteroatoms. The van der Waals surface area contributed by atoms with Crippen molar-refractivity contribution in [2.75, 3.05) is 25.9 Å². The number of carbonyl (C=O) groups is 1. The fourth-order valence-corrected chi connectivity index (χ4v) is 2.86. The maximum Gasteiger partial charge on any atom is 0.211 e. The monoisotopic (exact) mass is 204 g/mol. The van der Waals surface area contributed by atoms with Crippen LogP contribution in [0.4, 0.5) is 0 Å². The van der Waals surface area contributed by atoms with E-state index in [0.29, 0.717) is 13.1 Å². The van der Waals surface area contributed by atoms with Gasteiger partial charge >= 0.3 is 0 Å². The van der Waals surface area contributed by atoms with Gasteiger partial charge in [-0.15, -0.1) is 0 Å². The molecule has 0 N–H and O–H groups in total. The molecule has 0 aromatic rings. The van der Waals surface area contributed by atoms with Gasteiger partial charge in [-0.05, 0) is 6.42 Å². The molecular weight excluding hydrogens is 192 g/mol. The number of amides is 1. The second-order valence-corrected chi connectivity index (χ2v) is 5.79. The van der Waals surface area contributed by atoms with Crippen LogP contribution >= 0.6 is 0 Å². The maximum atomic E-state index is 11.1. The highest BCUT2D eigenvalue weighted by molar-refractivity contribution is 7.88. The number of rotatable bonds is 2. The van der Waals surface area contributed by atoms with Gasteiger partial charge < -0.3 is 4.90 Å². The molecule has 0 saturated carbocycles. The molecule has 0 unspecified atom stereocenters. The van der Waals surface area contributed by atoms with Crippen molar-refractivity contribution < 1.29 is 13.2 Å². The molecule has 2 saturated heterocycles. The summed E-state index contributed by atoms with van der Waals surface area (Å²) in [6.45, 7) is 1.72. The number of likely N-dealkylation sites (tertiary alicyclic amines) is 1. The molecule has 0 bridgehead atoms. The summed E-state index contributed by atoms with van der Waals surface area (Å²) in [5.74, 6) is 0. The lowest BCUT2D eigenvalue weighted by molar-refractivity contribution is -0.144. The standard InChI is InChI=1S/C7H12N2O3S/c1-13(11,12)9-4-7(5-9)2-3-8(7)6-10/h6H,2-5H2,1H3. The van der Waals surface area contributed by atoms with Crippen molar-refractivity contribution in [3.8, 4) is 0 Å². The Morgan fingerprint density at radius 2 is 2.00 bits per heavy atom. The topological polar surface area (TPSA) is 57.7 Å². The molecule has 2 aliphatic heterocycles. The molecule has 13 heavy (non-hydrogen) atoms. The highest BCUT2D eigenvalue weighted by Gasteiger charge is 2.55. The Hall–Kier alpha value is -0.620. The lowest BCUT2D eigenvalue weighted by Crippen LogP contribution is -2.76. The number of sulfonamides is 1. The second-order valence-electron chi connectivity index (χ2n) is 3.80. The van der Waals surface area contributed by atoms with Gasteiger partial charge in [0, 0.05) is 19.6 Å². The second kappa shape index (κ2) is 2.45. The van der Waals surface area contributed by atoms with Crippen LogP contribution in [0.25, 0.3) is 0 Å². The molecule has 0 atom stereocenters. The Bertz CT molecular complexity index is 332. The Balaban J connectivity index is 2.02. The lowest BCUT2D eigenvalue weighted by atomic mass is 9.80. The van der Waals surface area contributed by atoms with Gasteiger partial charge in [0.25, 0.3) is 0 Å². The van der Waals surface area contributed by atoms with Gasteiger partial charge in [-0.2, -0.15) is 4.31 Å². The molecule has 2 fully saturated rings. The van der Waals surface area contributed by atoms with E-state index in [1.807, 2.05) is 0 Å². The van der Waals surface area contributed by atoms with Gasteiger partial charge in [0.1, 0.15) is 0 Å². The van der Waals surface area contributed by atoms with E-state index in [2.05, 4.69) is 0 Å². The summed E-state index contributed by atoms with van der Waals surface area (Å²) >= 11 is 0. The number of carbonyl (C=O) groups excluding carboxylic acids is 1. The van der Waals surface area contributed by atoms with Crippen LogP contribution in [-0.2, 0) is 14.8 Å². The molecule has 0 aromatic carbocycles. The predicted molar refractivity (Wildman–Crippen MR) is 46.5 cm³/mol. The van der Waals surface area contributed by atoms with E-state index < -0.39 is 10.0 Å². The smallest absolute Gasteiger partial charge is 0.211 e. The minimum atomic E-state index is -3.05. The van der Waals surface area contributed by atoms with Crippen molar-refractivity contribution in [1.29, 1.82) is 0 Å². The highest BCUT2D eigenvalue weighted by Crippen LogP contribution is 2.38. The summed E-state index contributed by atoms with van der Waals surface area (Å²) in [7, 11) is -3.05. The molecule has 1 amide bonds. The van der Waals surface area contributed by atoms with Crippen molar-refractivity contribution in [2.24, 2.45) is 0 Å². The molecule has 2 aliphatic rings. The average molecular weight is 204 g/mol. The first-order valence-corrected chi connectivity index (χ1v) is 6.00. The largest absolute Gasteiger partial charge is 0.337 e. The van der Waals surface area contributed by atoms with Gasteiger partial charge in [-0.3, -0.25) is 4.79 Å². The Morgan fingerprint density at radius 3 is 2.31 bits per heavy atom. The van der Waals surface area contributed by atoms with Gasteiger partial charge in [-0.25, -0.2) is 8.42 Å². The van der Waals surface area contributed by atoms with E-state index in [4.69, 9.17) is 0 Å². The van der Waals surface area contributed by atoms with Crippen LogP contribution in [0.1, 0.15) is 6.42 Å². The number of hydrogen-bond acceptors (Lipinski definition) is 3. The summed E-state index contributed by atoms with van der Waals surface area (Å²) in [5, 5.41) is 0. The van der Waals surface area contributed by atoms with E-state index in [1.54, 1.807) is 4.90 Å². The van der Waals surface area contributed by atoms with E-state index in [1.165, 1.54) is 10.6 Å². The van der Waals surface area contributed by atoms with Gasteiger partial charge in [0.05, 0.1) is 11.8 Å². The molecule has 2 rings (SSSR count). The summed E-state index contributed by atoms with van der Waals surface area (Å²) < 4.78 is 23.5. The maximum absolute atomic E-state index is 11.1. The van der Waals surface area contributed by atoms with E-state index in [-0.39, 0.29) is 5.54 Å². The molecule has 5 nitrogen and oxygen atoms in total. The first-order valence-electron chi connectivity index (χ1n) is 4.15. The van der Waals surface area contributed by atoms with Gasteiger partial charge in [0.2, 0.25) is 16.4 Å². The molecule has 1 spiro atoms. The van der Waals surface area contributed by atoms with E-state index in [0.717, 1.165) is 19.4 Å². The van der Waals surface area contributed by atoms with Crippen LogP contribution in [0.5, 0.6) is 0 Å². The summed E-state index contributed by atoms with van der Waals surface area (Å²) in [5.41, 5.74) is -0.148. The highest BCUT2D eigenvalue weighted by atomic mass is 32.2. The Morgan fingerprint density at radius 1 is 1.38 bits per heavy atom. The molecule has 2 heterocycles. The zero-order valence-electron chi connectivity index (χ0n) is 7.43. The molecule has 0 aliphatic carbocycles. The first kappa shape index (κ1) is 8.96. The Kier molecular flexibility index (Phi) is 1.69. The number of hydrogen-bond donors (Lipinski definition) is 0. The third kappa shape index (κ3) is 1.16. The van der Waals surface area contributed by atoms with Crippen LogP contribution in [-0.4, -0.2) is 55.5 Å². The fourth-order valence-electron chi connectivity index (χ4n) is 1.91. The van der Waals surface area contributed by atoms with Crippen LogP contribution < -0.4 is 0 Å². The third-order valence-electron chi connectivity index (χ3n) is 2.96. The van der Waals surface area contributed by atoms with Gasteiger partial charge in [-0.1, -0.05) is 0 Å². The zero-order valence-corrected chi connectivity index (χ0v) is 8.25. The normalized spacial score (nSPS) is 26.7. The van der Waals surface area contributed by atoms with Crippen LogP contribution in [0.2, 0.25) is 0 Å². The van der Waals surface area contributed by atoms with E-state index in [9.17, 15) is 13.2 Å². The minimum absolute atomic E-state index is 0.148. The molecule has 0 aromatic heterocycles. The molecular formula is C7H12N2O3S. The summed E-state index contributed by atoms with van der Waals surface area (Å²) in [4.78, 5) is 12.2. The molecule has 74 valence electrons.